The predicted octanol–water partition coefficient (Wildman–Crippen LogP) is 1.88. The smallest absolute Gasteiger partial charge is 0.271 e. The van der Waals surface area contributed by atoms with Gasteiger partial charge in [-0.1, -0.05) is 0 Å². The molecule has 4 heterocycles. The van der Waals surface area contributed by atoms with Gasteiger partial charge in [-0.15, -0.1) is 0 Å². The van der Waals surface area contributed by atoms with E-state index in [0.717, 1.165) is 30.0 Å². The number of anilines is 4. The molecule has 1 aliphatic rings. The molecule has 35 heavy (non-hydrogen) atoms. The summed E-state index contributed by atoms with van der Waals surface area (Å²) in [5, 5.41) is 6.22. The van der Waals surface area contributed by atoms with E-state index in [2.05, 4.69) is 35.5 Å². The molecule has 0 aliphatic carbocycles. The third-order valence-corrected chi connectivity index (χ3v) is 7.21. The van der Waals surface area contributed by atoms with E-state index in [0.29, 0.717) is 34.1 Å². The number of carbonyl (C=O) groups excluding carboxylic acids is 1. The molecule has 3 aromatic heterocycles. The summed E-state index contributed by atoms with van der Waals surface area (Å²) >= 11 is 0. The van der Waals surface area contributed by atoms with Gasteiger partial charge in [-0.3, -0.25) is 14.0 Å². The number of nitrogens with zero attached hydrogens (tertiary/aromatic N) is 6. The first-order valence-corrected chi connectivity index (χ1v) is 12.6. The molecule has 11 nitrogen and oxygen atoms in total. The number of pyridine rings is 1. The lowest BCUT2D eigenvalue weighted by Gasteiger charge is -2.28. The van der Waals surface area contributed by atoms with Crippen molar-refractivity contribution in [3.05, 3.63) is 48.7 Å². The number of primary amides is 1. The summed E-state index contributed by atoms with van der Waals surface area (Å²) in [5.41, 5.74) is 10.1. The third kappa shape index (κ3) is 4.39. The standard InChI is InChI=1S/C23H25N9O2S/c1-25-22-19(16-11-26-12-17-18(16)27-13-31(17)2)29-20(21(24)33)23(30-22)28-14-3-5-15(6-4-14)32-7-9-35(34)10-8-32/h3-6,11-13H,7-10H2,1-2H3,(H2,24,33)(H2,25,28,30). The molecule has 1 aliphatic heterocycles. The van der Waals surface area contributed by atoms with E-state index in [1.54, 1.807) is 25.8 Å². The van der Waals surface area contributed by atoms with Crippen molar-refractivity contribution in [3.63, 3.8) is 0 Å². The van der Waals surface area contributed by atoms with Gasteiger partial charge in [0.25, 0.3) is 5.91 Å². The Hall–Kier alpha value is -4.06. The molecule has 12 heteroatoms. The van der Waals surface area contributed by atoms with Crippen molar-refractivity contribution in [1.82, 2.24) is 24.5 Å². The highest BCUT2D eigenvalue weighted by Gasteiger charge is 2.21. The predicted molar refractivity (Wildman–Crippen MR) is 137 cm³/mol. The first kappa shape index (κ1) is 22.7. The van der Waals surface area contributed by atoms with Crippen LogP contribution in [-0.4, -0.2) is 66.3 Å². The second-order valence-electron chi connectivity index (χ2n) is 8.15. The van der Waals surface area contributed by atoms with Crippen LogP contribution < -0.4 is 21.3 Å². The lowest BCUT2D eigenvalue weighted by Crippen LogP contribution is -2.37. The van der Waals surface area contributed by atoms with Crippen LogP contribution in [0.3, 0.4) is 0 Å². The number of nitrogens with one attached hydrogen (secondary N) is 2. The van der Waals surface area contributed by atoms with Crippen molar-refractivity contribution < 1.29 is 9.00 Å². The van der Waals surface area contributed by atoms with Crippen LogP contribution in [0.4, 0.5) is 23.0 Å². The largest absolute Gasteiger partial charge is 0.371 e. The number of carbonyl (C=O) groups is 1. The van der Waals surface area contributed by atoms with Crippen LogP contribution in [0, 0.1) is 0 Å². The molecule has 1 saturated heterocycles. The molecule has 0 atom stereocenters. The van der Waals surface area contributed by atoms with E-state index < -0.39 is 16.7 Å². The van der Waals surface area contributed by atoms with E-state index in [1.807, 2.05) is 35.9 Å². The molecule has 1 aromatic carbocycles. The first-order chi connectivity index (χ1) is 16.9. The van der Waals surface area contributed by atoms with Gasteiger partial charge in [0.2, 0.25) is 0 Å². The highest BCUT2D eigenvalue weighted by Crippen LogP contribution is 2.32. The van der Waals surface area contributed by atoms with Crippen molar-refractivity contribution in [1.29, 1.82) is 0 Å². The zero-order chi connectivity index (χ0) is 24.5. The molecule has 4 N–H and O–H groups in total. The van der Waals surface area contributed by atoms with Crippen LogP contribution in [0.15, 0.2) is 43.0 Å². The van der Waals surface area contributed by atoms with Gasteiger partial charge in [0.05, 0.1) is 23.6 Å². The molecule has 5 rings (SSSR count). The number of aromatic nitrogens is 5. The maximum Gasteiger partial charge on any atom is 0.271 e. The lowest BCUT2D eigenvalue weighted by atomic mass is 10.1. The second-order valence-corrected chi connectivity index (χ2v) is 9.85. The Morgan fingerprint density at radius 3 is 2.51 bits per heavy atom. The minimum atomic E-state index is -0.727. The van der Waals surface area contributed by atoms with Gasteiger partial charge < -0.3 is 25.8 Å². The number of hydrogen-bond donors (Lipinski definition) is 3. The van der Waals surface area contributed by atoms with Crippen molar-refractivity contribution in [2.24, 2.45) is 12.8 Å². The highest BCUT2D eigenvalue weighted by atomic mass is 32.2. The van der Waals surface area contributed by atoms with E-state index in [9.17, 15) is 9.00 Å². The Balaban J connectivity index is 1.49. The van der Waals surface area contributed by atoms with E-state index in [4.69, 9.17) is 5.73 Å². The molecule has 0 saturated carbocycles. The van der Waals surface area contributed by atoms with Gasteiger partial charge in [-0.25, -0.2) is 15.0 Å². The number of benzene rings is 1. The summed E-state index contributed by atoms with van der Waals surface area (Å²) in [4.78, 5) is 32.5. The molecule has 0 radical (unpaired) electrons. The number of imidazole rings is 1. The molecule has 0 bridgehead atoms. The van der Waals surface area contributed by atoms with Gasteiger partial charge >= 0.3 is 0 Å². The zero-order valence-corrected chi connectivity index (χ0v) is 20.2. The zero-order valence-electron chi connectivity index (χ0n) is 19.4. The Morgan fingerprint density at radius 2 is 1.83 bits per heavy atom. The summed E-state index contributed by atoms with van der Waals surface area (Å²) in [6.07, 6.45) is 5.06. The molecule has 1 fully saturated rings. The number of hydrogen-bond acceptors (Lipinski definition) is 9. The quantitative estimate of drug-likeness (QED) is 0.368. The minimum Gasteiger partial charge on any atom is -0.371 e. The molecule has 180 valence electrons. The van der Waals surface area contributed by atoms with Crippen LogP contribution in [0.1, 0.15) is 10.5 Å². The van der Waals surface area contributed by atoms with Crippen LogP contribution in [0.2, 0.25) is 0 Å². The maximum absolute atomic E-state index is 12.3. The average molecular weight is 492 g/mol. The number of amides is 1. The van der Waals surface area contributed by atoms with Crippen molar-refractivity contribution in [2.45, 2.75) is 0 Å². The van der Waals surface area contributed by atoms with Gasteiger partial charge in [0, 0.05) is 67.1 Å². The Labute approximate surface area is 204 Å². The fourth-order valence-corrected chi connectivity index (χ4v) is 5.11. The van der Waals surface area contributed by atoms with E-state index in [1.165, 1.54) is 0 Å². The van der Waals surface area contributed by atoms with Crippen molar-refractivity contribution in [3.8, 4) is 11.3 Å². The monoisotopic (exact) mass is 491 g/mol. The second kappa shape index (κ2) is 9.29. The van der Waals surface area contributed by atoms with Crippen LogP contribution >= 0.6 is 0 Å². The van der Waals surface area contributed by atoms with Crippen LogP contribution in [0.25, 0.3) is 22.3 Å². The first-order valence-electron chi connectivity index (χ1n) is 11.1. The Morgan fingerprint density at radius 1 is 1.09 bits per heavy atom. The number of fused-ring (bicyclic) bond motifs is 1. The van der Waals surface area contributed by atoms with Crippen molar-refractivity contribution in [2.75, 3.05) is 47.2 Å². The summed E-state index contributed by atoms with van der Waals surface area (Å²) in [6.45, 7) is 1.53. The molecular weight excluding hydrogens is 466 g/mol. The summed E-state index contributed by atoms with van der Waals surface area (Å²) in [7, 11) is 2.88. The maximum atomic E-state index is 12.3. The Kier molecular flexibility index (Phi) is 6.03. The van der Waals surface area contributed by atoms with Gasteiger partial charge in [0.1, 0.15) is 11.2 Å². The van der Waals surface area contributed by atoms with E-state index >= 15 is 0 Å². The normalized spacial score (nSPS) is 14.3. The summed E-state index contributed by atoms with van der Waals surface area (Å²) in [5.74, 6) is 1.35. The average Bonchev–Trinajstić information content (AvgIpc) is 3.25. The highest BCUT2D eigenvalue weighted by molar-refractivity contribution is 7.85. The van der Waals surface area contributed by atoms with Gasteiger partial charge in [-0.2, -0.15) is 0 Å². The lowest BCUT2D eigenvalue weighted by molar-refractivity contribution is 0.0996. The molecule has 4 aromatic rings. The van der Waals surface area contributed by atoms with Crippen LogP contribution in [-0.2, 0) is 17.8 Å². The van der Waals surface area contributed by atoms with Crippen molar-refractivity contribution >= 4 is 50.8 Å². The number of rotatable bonds is 6. The van der Waals surface area contributed by atoms with Crippen LogP contribution in [0.5, 0.6) is 0 Å². The number of nitrogens with two attached hydrogens (primary N) is 1. The molecule has 0 spiro atoms. The molecule has 1 amide bonds. The summed E-state index contributed by atoms with van der Waals surface area (Å²) in [6, 6.07) is 7.77. The SMILES string of the molecule is CNc1nc(Nc2ccc(N3CCS(=O)CC3)cc2)c(C(N)=O)nc1-c1cncc2c1ncn2C. The fraction of sp³-hybridized carbons (Fsp3) is 0.261. The third-order valence-electron chi connectivity index (χ3n) is 5.93. The van der Waals surface area contributed by atoms with Gasteiger partial charge in [0.15, 0.2) is 17.3 Å². The fourth-order valence-electron chi connectivity index (χ4n) is 4.06. The number of aryl methyl sites for hydroxylation is 1. The topological polar surface area (TPSA) is 144 Å². The van der Waals surface area contributed by atoms with Gasteiger partial charge in [-0.05, 0) is 24.3 Å². The summed E-state index contributed by atoms with van der Waals surface area (Å²) < 4.78 is 13.5. The molecule has 0 unspecified atom stereocenters. The minimum absolute atomic E-state index is 0.00882. The Bertz CT molecular complexity index is 1430. The molecular formula is C23H25N9O2S. The van der Waals surface area contributed by atoms with E-state index in [-0.39, 0.29) is 11.5 Å².